The summed E-state index contributed by atoms with van der Waals surface area (Å²) >= 11 is 0. The number of hydrogen-bond acceptors (Lipinski definition) is 3. The number of carbonyl (C=O) groups excluding carboxylic acids is 1. The molecule has 0 aliphatic carbocycles. The highest BCUT2D eigenvalue weighted by Crippen LogP contribution is 2.01. The fraction of sp³-hybridized carbons (Fsp3) is 0.125. The summed E-state index contributed by atoms with van der Waals surface area (Å²) in [4.78, 5) is 14.5. The van der Waals surface area contributed by atoms with Gasteiger partial charge in [-0.1, -0.05) is 0 Å². The van der Waals surface area contributed by atoms with Gasteiger partial charge in [-0.25, -0.2) is 0 Å². The molecule has 12 heavy (non-hydrogen) atoms. The van der Waals surface area contributed by atoms with Gasteiger partial charge >= 0.3 is 0 Å². The highest BCUT2D eigenvalue weighted by Gasteiger charge is 1.99. The van der Waals surface area contributed by atoms with Crippen molar-refractivity contribution >= 4 is 11.6 Å². The van der Waals surface area contributed by atoms with Gasteiger partial charge in [0, 0.05) is 0 Å². The first-order valence-electron chi connectivity index (χ1n) is 3.32. The predicted octanol–water partition coefficient (Wildman–Crippen LogP) is 0.734. The van der Waals surface area contributed by atoms with Crippen LogP contribution in [0.5, 0.6) is 0 Å². The Morgan fingerprint density at radius 2 is 2.67 bits per heavy atom. The Kier molecular flexibility index (Phi) is 2.79. The van der Waals surface area contributed by atoms with Crippen LogP contribution in [0.25, 0.3) is 0 Å². The van der Waals surface area contributed by atoms with E-state index in [4.69, 9.17) is 5.26 Å². The summed E-state index contributed by atoms with van der Waals surface area (Å²) in [5.74, 6) is -0.328. The first-order valence-corrected chi connectivity index (χ1v) is 3.32. The second-order valence-corrected chi connectivity index (χ2v) is 2.06. The third kappa shape index (κ3) is 2.39. The molecule has 0 aliphatic rings. The zero-order chi connectivity index (χ0) is 8.81. The Morgan fingerprint density at radius 3 is 3.25 bits per heavy atom. The fourth-order valence-electron chi connectivity index (χ4n) is 0.671. The number of aromatic nitrogens is 1. The molecule has 1 amide bonds. The lowest BCUT2D eigenvalue weighted by atomic mass is 10.4. The monoisotopic (exact) mass is 160 g/mol. The topological polar surface area (TPSA) is 65.8 Å². The molecule has 1 aromatic heterocycles. The quantitative estimate of drug-likeness (QED) is 0.693. The zero-order valence-corrected chi connectivity index (χ0v) is 6.24. The minimum atomic E-state index is -0.328. The standard InChI is InChI=1S/C8H6N3O/c9-4-3-8(12)11-7-2-1-5-10-6-7/h1-2,6H,3H2,(H,11,12). The number of anilines is 1. The molecule has 4 nitrogen and oxygen atoms in total. The second kappa shape index (κ2) is 4.09. The number of pyridine rings is 1. The molecule has 1 N–H and O–H groups in total. The Balaban J connectivity index is 2.54. The molecule has 0 aromatic carbocycles. The van der Waals surface area contributed by atoms with Crippen molar-refractivity contribution in [2.45, 2.75) is 6.42 Å². The summed E-state index contributed by atoms with van der Waals surface area (Å²) in [5, 5.41) is 10.7. The summed E-state index contributed by atoms with van der Waals surface area (Å²) < 4.78 is 0. The molecule has 0 aliphatic heterocycles. The van der Waals surface area contributed by atoms with Crippen LogP contribution in [0.3, 0.4) is 0 Å². The van der Waals surface area contributed by atoms with E-state index in [2.05, 4.69) is 16.5 Å². The number of amides is 1. The van der Waals surface area contributed by atoms with Crippen LogP contribution in [0.15, 0.2) is 18.3 Å². The van der Waals surface area contributed by atoms with Crippen LogP contribution in [0.2, 0.25) is 0 Å². The lowest BCUT2D eigenvalue weighted by molar-refractivity contribution is -0.115. The van der Waals surface area contributed by atoms with Gasteiger partial charge in [-0.15, -0.1) is 0 Å². The molecule has 0 fully saturated rings. The van der Waals surface area contributed by atoms with Gasteiger partial charge in [-0.2, -0.15) is 5.26 Å². The van der Waals surface area contributed by atoms with E-state index in [-0.39, 0.29) is 12.3 Å². The summed E-state index contributed by atoms with van der Waals surface area (Å²) in [6.07, 6.45) is 3.90. The number of nitrogens with one attached hydrogen (secondary N) is 1. The maximum Gasteiger partial charge on any atom is 0.238 e. The van der Waals surface area contributed by atoms with Crippen molar-refractivity contribution in [2.75, 3.05) is 5.32 Å². The number of carbonyl (C=O) groups is 1. The smallest absolute Gasteiger partial charge is 0.238 e. The molecule has 1 heterocycles. The molecule has 0 bridgehead atoms. The normalized spacial score (nSPS) is 8.58. The highest BCUT2D eigenvalue weighted by atomic mass is 16.1. The molecule has 1 rings (SSSR count). The summed E-state index contributed by atoms with van der Waals surface area (Å²) in [7, 11) is 0. The van der Waals surface area contributed by atoms with Crippen molar-refractivity contribution in [3.05, 3.63) is 24.5 Å². The molecule has 0 atom stereocenters. The number of nitrogens with zero attached hydrogens (tertiary/aromatic N) is 2. The first kappa shape index (κ1) is 8.21. The predicted molar refractivity (Wildman–Crippen MR) is 41.9 cm³/mol. The Labute approximate surface area is 69.8 Å². The van der Waals surface area contributed by atoms with Gasteiger partial charge < -0.3 is 5.32 Å². The summed E-state index contributed by atoms with van der Waals surface area (Å²) in [6, 6.07) is 4.99. The molecule has 59 valence electrons. The maximum absolute atomic E-state index is 10.8. The molecule has 0 unspecified atom stereocenters. The SMILES string of the molecule is N#CCC(=O)Nc1cc[c]nc1. The van der Waals surface area contributed by atoms with Gasteiger partial charge in [0.05, 0.1) is 24.2 Å². The van der Waals surface area contributed by atoms with E-state index in [1.54, 1.807) is 18.2 Å². The maximum atomic E-state index is 10.8. The van der Waals surface area contributed by atoms with Crippen LogP contribution >= 0.6 is 0 Å². The van der Waals surface area contributed by atoms with Crippen LogP contribution in [-0.4, -0.2) is 10.9 Å². The Bertz CT molecular complexity index is 302. The third-order valence-corrected chi connectivity index (χ3v) is 1.14. The van der Waals surface area contributed by atoms with E-state index in [1.165, 1.54) is 6.20 Å². The third-order valence-electron chi connectivity index (χ3n) is 1.14. The van der Waals surface area contributed by atoms with Crippen molar-refractivity contribution in [2.24, 2.45) is 0 Å². The second-order valence-electron chi connectivity index (χ2n) is 2.06. The van der Waals surface area contributed by atoms with Crippen molar-refractivity contribution in [1.29, 1.82) is 5.26 Å². The zero-order valence-electron chi connectivity index (χ0n) is 6.24. The van der Waals surface area contributed by atoms with E-state index >= 15 is 0 Å². The van der Waals surface area contributed by atoms with Crippen LogP contribution < -0.4 is 5.32 Å². The van der Waals surface area contributed by atoms with Gasteiger partial charge in [0.2, 0.25) is 5.91 Å². The van der Waals surface area contributed by atoms with E-state index < -0.39 is 0 Å². The lowest BCUT2D eigenvalue weighted by Crippen LogP contribution is -2.09. The van der Waals surface area contributed by atoms with Gasteiger partial charge in [0.25, 0.3) is 0 Å². The average Bonchev–Trinajstić information content (AvgIpc) is 2.06. The van der Waals surface area contributed by atoms with Crippen molar-refractivity contribution < 1.29 is 4.79 Å². The van der Waals surface area contributed by atoms with Gasteiger partial charge in [0.1, 0.15) is 6.42 Å². The van der Waals surface area contributed by atoms with E-state index in [1.807, 2.05) is 0 Å². The number of rotatable bonds is 2. The van der Waals surface area contributed by atoms with E-state index in [0.717, 1.165) is 0 Å². The molecule has 0 saturated heterocycles. The van der Waals surface area contributed by atoms with Crippen molar-refractivity contribution in [3.63, 3.8) is 0 Å². The van der Waals surface area contributed by atoms with Crippen LogP contribution in [0.1, 0.15) is 6.42 Å². The van der Waals surface area contributed by atoms with Crippen molar-refractivity contribution in [3.8, 4) is 6.07 Å². The lowest BCUT2D eigenvalue weighted by Gasteiger charge is -1.99. The molecule has 1 radical (unpaired) electrons. The Hall–Kier alpha value is -1.89. The van der Waals surface area contributed by atoms with Crippen LogP contribution in [0, 0.1) is 17.5 Å². The molecule has 0 saturated carbocycles. The van der Waals surface area contributed by atoms with Crippen LogP contribution in [-0.2, 0) is 4.79 Å². The fourth-order valence-corrected chi connectivity index (χ4v) is 0.671. The summed E-state index contributed by atoms with van der Waals surface area (Å²) in [6.45, 7) is 0. The molecule has 0 spiro atoms. The first-order chi connectivity index (χ1) is 5.83. The minimum absolute atomic E-state index is 0.140. The molecule has 4 heteroatoms. The van der Waals surface area contributed by atoms with Gasteiger partial charge in [-0.3, -0.25) is 9.78 Å². The van der Waals surface area contributed by atoms with E-state index in [0.29, 0.717) is 5.69 Å². The van der Waals surface area contributed by atoms with Gasteiger partial charge in [0.15, 0.2) is 0 Å². The summed E-state index contributed by atoms with van der Waals surface area (Å²) in [5.41, 5.74) is 0.578. The Morgan fingerprint density at radius 1 is 1.83 bits per heavy atom. The number of hydrogen-bond donors (Lipinski definition) is 1. The average molecular weight is 160 g/mol. The van der Waals surface area contributed by atoms with E-state index in [9.17, 15) is 4.79 Å². The van der Waals surface area contributed by atoms with Crippen molar-refractivity contribution in [1.82, 2.24) is 4.98 Å². The van der Waals surface area contributed by atoms with Gasteiger partial charge in [-0.05, 0) is 12.1 Å². The molecule has 1 aromatic rings. The van der Waals surface area contributed by atoms with Crippen LogP contribution in [0.4, 0.5) is 5.69 Å². The number of nitriles is 1. The minimum Gasteiger partial charge on any atom is -0.324 e. The molecular formula is C8H6N3O. The highest BCUT2D eigenvalue weighted by molar-refractivity contribution is 5.91. The molecular weight excluding hydrogens is 154 g/mol. The largest absolute Gasteiger partial charge is 0.324 e.